The van der Waals surface area contributed by atoms with Gasteiger partial charge in [-0.15, -0.1) is 0 Å². The first-order chi connectivity index (χ1) is 17.1. The summed E-state index contributed by atoms with van der Waals surface area (Å²) in [4.78, 5) is 29.0. The summed E-state index contributed by atoms with van der Waals surface area (Å²) in [5, 5.41) is 3.11. The van der Waals surface area contributed by atoms with E-state index in [0.717, 1.165) is 37.2 Å². The van der Waals surface area contributed by atoms with Crippen molar-refractivity contribution in [1.82, 2.24) is 15.1 Å². The number of benzene rings is 2. The molecule has 8 nitrogen and oxygen atoms in total. The number of likely N-dealkylation sites (tertiary alicyclic amines) is 1. The molecule has 0 bridgehead atoms. The molecule has 0 aromatic heterocycles. The van der Waals surface area contributed by atoms with Crippen molar-refractivity contribution >= 4 is 11.8 Å². The predicted molar refractivity (Wildman–Crippen MR) is 133 cm³/mol. The highest BCUT2D eigenvalue weighted by molar-refractivity contribution is 5.94. The number of rotatable bonds is 10. The monoisotopic (exact) mass is 481 g/mol. The molecule has 2 aliphatic heterocycles. The summed E-state index contributed by atoms with van der Waals surface area (Å²) in [6.45, 7) is 7.28. The summed E-state index contributed by atoms with van der Waals surface area (Å²) in [5.41, 5.74) is 2.69. The van der Waals surface area contributed by atoms with Gasteiger partial charge in [-0.1, -0.05) is 18.2 Å². The summed E-state index contributed by atoms with van der Waals surface area (Å²) >= 11 is 0. The number of carbonyl (C=O) groups is 2. The first kappa shape index (κ1) is 25.0. The highest BCUT2D eigenvalue weighted by atomic mass is 16.5. The zero-order valence-electron chi connectivity index (χ0n) is 20.6. The van der Waals surface area contributed by atoms with Crippen molar-refractivity contribution in [3.05, 3.63) is 59.2 Å². The number of carbonyl (C=O) groups excluding carboxylic acids is 2. The number of hydrogen-bond donors (Lipinski definition) is 1. The third kappa shape index (κ3) is 6.32. The van der Waals surface area contributed by atoms with Crippen LogP contribution in [0.25, 0.3) is 0 Å². The number of methoxy groups -OCH3 is 1. The van der Waals surface area contributed by atoms with E-state index in [9.17, 15) is 9.59 Å². The lowest BCUT2D eigenvalue weighted by Gasteiger charge is -2.35. The molecule has 0 spiro atoms. The minimum atomic E-state index is -0.120. The van der Waals surface area contributed by atoms with Gasteiger partial charge in [-0.25, -0.2) is 0 Å². The smallest absolute Gasteiger partial charge is 0.251 e. The molecule has 1 atom stereocenters. The maximum Gasteiger partial charge on any atom is 0.251 e. The first-order valence-corrected chi connectivity index (χ1v) is 12.4. The zero-order valence-corrected chi connectivity index (χ0v) is 20.6. The van der Waals surface area contributed by atoms with E-state index >= 15 is 0 Å². The Morgan fingerprint density at radius 3 is 2.51 bits per heavy atom. The Kier molecular flexibility index (Phi) is 8.60. The fourth-order valence-electron chi connectivity index (χ4n) is 4.66. The Hall–Kier alpha value is -3.10. The second-order valence-electron chi connectivity index (χ2n) is 8.83. The van der Waals surface area contributed by atoms with Gasteiger partial charge in [-0.05, 0) is 48.7 Å². The van der Waals surface area contributed by atoms with Crippen molar-refractivity contribution in [2.75, 3.05) is 53.1 Å². The van der Waals surface area contributed by atoms with Crippen molar-refractivity contribution in [2.45, 2.75) is 32.4 Å². The van der Waals surface area contributed by atoms with Crippen molar-refractivity contribution < 1.29 is 23.8 Å². The van der Waals surface area contributed by atoms with Crippen LogP contribution >= 0.6 is 0 Å². The van der Waals surface area contributed by atoms with Gasteiger partial charge in [0.2, 0.25) is 5.91 Å². The van der Waals surface area contributed by atoms with E-state index in [2.05, 4.69) is 10.2 Å². The number of ether oxygens (including phenoxy) is 3. The maximum absolute atomic E-state index is 13.0. The van der Waals surface area contributed by atoms with Gasteiger partial charge in [-0.3, -0.25) is 14.5 Å². The molecule has 2 heterocycles. The quantitative estimate of drug-likeness (QED) is 0.562. The van der Waals surface area contributed by atoms with Gasteiger partial charge in [0.05, 0.1) is 33.0 Å². The van der Waals surface area contributed by atoms with Crippen molar-refractivity contribution in [2.24, 2.45) is 0 Å². The van der Waals surface area contributed by atoms with Gasteiger partial charge in [0.15, 0.2) is 11.5 Å². The lowest BCUT2D eigenvalue weighted by Crippen LogP contribution is -2.43. The minimum Gasteiger partial charge on any atom is -0.493 e. The third-order valence-corrected chi connectivity index (χ3v) is 6.58. The summed E-state index contributed by atoms with van der Waals surface area (Å²) in [6.07, 6.45) is 1.55. The highest BCUT2D eigenvalue weighted by Crippen LogP contribution is 2.32. The molecule has 2 saturated heterocycles. The summed E-state index contributed by atoms with van der Waals surface area (Å²) < 4.78 is 16.8. The standard InChI is InChI=1S/C27H35N3O5/c1-3-35-24-11-10-22(17-25(24)33-2)23(29-13-15-34-16-14-29)18-28-27(32)21-8-6-20(7-9-21)19-30-12-4-5-26(30)31/h6-11,17,23H,3-5,12-16,18-19H2,1-2H3,(H,28,32). The van der Waals surface area contributed by atoms with Crippen LogP contribution in [0.3, 0.4) is 0 Å². The van der Waals surface area contributed by atoms with E-state index in [1.807, 2.05) is 54.3 Å². The van der Waals surface area contributed by atoms with E-state index in [1.54, 1.807) is 7.11 Å². The Labute approximate surface area is 207 Å². The van der Waals surface area contributed by atoms with Crippen LogP contribution < -0.4 is 14.8 Å². The van der Waals surface area contributed by atoms with Crippen LogP contribution in [0.4, 0.5) is 0 Å². The molecule has 2 fully saturated rings. The molecule has 2 aromatic rings. The summed E-state index contributed by atoms with van der Waals surface area (Å²) in [5.74, 6) is 1.47. The molecule has 4 rings (SSSR count). The van der Waals surface area contributed by atoms with Gasteiger partial charge < -0.3 is 24.4 Å². The van der Waals surface area contributed by atoms with Crippen molar-refractivity contribution in [3.8, 4) is 11.5 Å². The number of hydrogen-bond acceptors (Lipinski definition) is 6. The van der Waals surface area contributed by atoms with Gasteiger partial charge >= 0.3 is 0 Å². The van der Waals surface area contributed by atoms with Crippen LogP contribution in [0.2, 0.25) is 0 Å². The fraction of sp³-hybridized carbons (Fsp3) is 0.481. The Morgan fingerprint density at radius 1 is 1.09 bits per heavy atom. The number of nitrogens with zero attached hydrogens (tertiary/aromatic N) is 2. The molecule has 0 radical (unpaired) electrons. The fourth-order valence-corrected chi connectivity index (χ4v) is 4.66. The molecule has 188 valence electrons. The van der Waals surface area contributed by atoms with Crippen LogP contribution in [0.5, 0.6) is 11.5 Å². The molecular weight excluding hydrogens is 446 g/mol. The highest BCUT2D eigenvalue weighted by Gasteiger charge is 2.25. The van der Waals surface area contributed by atoms with Crippen LogP contribution in [0.15, 0.2) is 42.5 Å². The van der Waals surface area contributed by atoms with E-state index < -0.39 is 0 Å². The lowest BCUT2D eigenvalue weighted by atomic mass is 10.0. The van der Waals surface area contributed by atoms with Crippen LogP contribution in [-0.4, -0.2) is 74.7 Å². The molecule has 2 amide bonds. The molecule has 0 aliphatic carbocycles. The normalized spacial score (nSPS) is 17.3. The van der Waals surface area contributed by atoms with E-state index in [0.29, 0.717) is 56.4 Å². The number of nitrogens with one attached hydrogen (secondary N) is 1. The zero-order chi connectivity index (χ0) is 24.6. The molecule has 2 aliphatic rings. The van der Waals surface area contributed by atoms with Crippen molar-refractivity contribution in [3.63, 3.8) is 0 Å². The van der Waals surface area contributed by atoms with Gasteiger partial charge in [0, 0.05) is 44.7 Å². The lowest BCUT2D eigenvalue weighted by molar-refractivity contribution is -0.128. The minimum absolute atomic E-state index is 0.0205. The predicted octanol–water partition coefficient (Wildman–Crippen LogP) is 3.02. The topological polar surface area (TPSA) is 80.3 Å². The van der Waals surface area contributed by atoms with E-state index in [4.69, 9.17) is 14.2 Å². The second-order valence-corrected chi connectivity index (χ2v) is 8.83. The SMILES string of the molecule is CCOc1ccc(C(CNC(=O)c2ccc(CN3CCCC3=O)cc2)N2CCOCC2)cc1OC. The van der Waals surface area contributed by atoms with Gasteiger partial charge in [0.1, 0.15) is 0 Å². The van der Waals surface area contributed by atoms with Crippen LogP contribution in [0, 0.1) is 0 Å². The number of morpholine rings is 1. The molecule has 35 heavy (non-hydrogen) atoms. The first-order valence-electron chi connectivity index (χ1n) is 12.4. The summed E-state index contributed by atoms with van der Waals surface area (Å²) in [6, 6.07) is 13.4. The number of amides is 2. The molecule has 2 aromatic carbocycles. The molecule has 0 saturated carbocycles. The Morgan fingerprint density at radius 2 is 1.86 bits per heavy atom. The van der Waals surface area contributed by atoms with E-state index in [-0.39, 0.29) is 17.9 Å². The largest absolute Gasteiger partial charge is 0.493 e. The molecule has 1 N–H and O–H groups in total. The Balaban J connectivity index is 1.43. The van der Waals surface area contributed by atoms with Crippen LogP contribution in [-0.2, 0) is 16.1 Å². The average Bonchev–Trinajstić information content (AvgIpc) is 3.30. The van der Waals surface area contributed by atoms with Gasteiger partial charge in [0.25, 0.3) is 5.91 Å². The average molecular weight is 482 g/mol. The molecule has 1 unspecified atom stereocenters. The van der Waals surface area contributed by atoms with Crippen LogP contribution in [0.1, 0.15) is 47.3 Å². The Bertz CT molecular complexity index is 1000. The third-order valence-electron chi connectivity index (χ3n) is 6.58. The summed E-state index contributed by atoms with van der Waals surface area (Å²) in [7, 11) is 1.64. The van der Waals surface area contributed by atoms with Gasteiger partial charge in [-0.2, -0.15) is 0 Å². The maximum atomic E-state index is 13.0. The second kappa shape index (κ2) is 12.0. The molecular formula is C27H35N3O5. The van der Waals surface area contributed by atoms with Crippen molar-refractivity contribution in [1.29, 1.82) is 0 Å². The molecule has 8 heteroatoms. The van der Waals surface area contributed by atoms with E-state index in [1.165, 1.54) is 0 Å².